The van der Waals surface area contributed by atoms with E-state index in [1.165, 1.54) is 11.3 Å². The Bertz CT molecular complexity index is 2510. The van der Waals surface area contributed by atoms with E-state index in [1.807, 2.05) is 42.5 Å². The van der Waals surface area contributed by atoms with Crippen LogP contribution in [0.15, 0.2) is 97.1 Å². The second kappa shape index (κ2) is 23.7. The fraction of sp³-hybridized carbons (Fsp3) is 0.347. The number of nitrogens with one attached hydrogen (secondary N) is 4. The topological polar surface area (TPSA) is 212 Å². The van der Waals surface area contributed by atoms with Crippen molar-refractivity contribution in [2.45, 2.75) is 38.3 Å². The number of carbonyl (C=O) groups is 4. The molecule has 1 atom stereocenters. The molecule has 1 unspecified atom stereocenters. The number of ether oxygens (including phenoxy) is 4. The summed E-state index contributed by atoms with van der Waals surface area (Å²) >= 11 is 1.30. The van der Waals surface area contributed by atoms with Crippen molar-refractivity contribution in [3.63, 3.8) is 0 Å². The predicted octanol–water partition coefficient (Wildman–Crippen LogP) is 5.56. The molecule has 2 aliphatic heterocycles. The summed E-state index contributed by atoms with van der Waals surface area (Å²) in [6, 6.07) is 29.5. The molecule has 1 saturated heterocycles. The van der Waals surface area contributed by atoms with Crippen LogP contribution in [-0.4, -0.2) is 108 Å². The maximum Gasteiger partial charge on any atom is 0.265 e. The molecule has 17 heteroatoms. The van der Waals surface area contributed by atoms with Gasteiger partial charge in [0.05, 0.1) is 93.3 Å². The molecule has 3 heterocycles. The van der Waals surface area contributed by atoms with E-state index in [-0.39, 0.29) is 36.3 Å². The Morgan fingerprint density at radius 3 is 2.26 bits per heavy atom. The van der Waals surface area contributed by atoms with Crippen LogP contribution in [0.1, 0.15) is 62.4 Å². The lowest BCUT2D eigenvalue weighted by atomic mass is 9.96. The summed E-state index contributed by atoms with van der Waals surface area (Å²) in [7, 11) is 2.06. The number of fused-ring (bicyclic) bond motifs is 3. The van der Waals surface area contributed by atoms with E-state index in [4.69, 9.17) is 30.5 Å². The minimum atomic E-state index is -0.629. The highest BCUT2D eigenvalue weighted by Gasteiger charge is 2.26. The van der Waals surface area contributed by atoms with Gasteiger partial charge < -0.3 is 55.9 Å². The molecule has 0 saturated carbocycles. The summed E-state index contributed by atoms with van der Waals surface area (Å²) < 4.78 is 23.5. The van der Waals surface area contributed by atoms with Gasteiger partial charge in [0.2, 0.25) is 11.8 Å². The number of nitrogens with two attached hydrogens (primary N) is 2. The standard InChI is InChI=1S/C49H58N8O8S/c1-56-32-33-10-2-3-11-36(33)46(45(50)38-13-5-7-16-41(38)56)57(51)21-23-63-25-27-65-29-28-64-26-24-62-22-19-44(58)53-35-17-18-42-34(30-35)31-43(66-42)49(61)54-39-14-6-4-12-37(39)47(59)55-40-15-8-9-20-52-48(40)60/h2-7,10-14,16-18,30-31,40H,8-9,15,19-29,32,50-51H2,1H3,(H,52,60)(H,53,58)(H,54,61)(H,55,59)/b46-45-. The van der Waals surface area contributed by atoms with Crippen molar-refractivity contribution < 1.29 is 38.1 Å². The van der Waals surface area contributed by atoms with Gasteiger partial charge in [0.25, 0.3) is 11.8 Å². The van der Waals surface area contributed by atoms with Crippen molar-refractivity contribution in [2.75, 3.05) is 88.5 Å². The Balaban J connectivity index is 0.745. The maximum atomic E-state index is 13.3. The van der Waals surface area contributed by atoms with Gasteiger partial charge in [-0.3, -0.25) is 19.2 Å². The first-order valence-electron chi connectivity index (χ1n) is 22.2. The van der Waals surface area contributed by atoms with E-state index in [1.54, 1.807) is 41.4 Å². The SMILES string of the molecule is CN1Cc2ccccc2/C(N(N)CCOCCOCCOCCOCCC(=O)Nc2ccc3sc(C(=O)Nc4ccccc4C(=O)NC4CCCCNC4=O)cc3c2)=C(/N)c2ccccc21. The van der Waals surface area contributed by atoms with Crippen LogP contribution in [0.5, 0.6) is 0 Å². The van der Waals surface area contributed by atoms with Gasteiger partial charge in [-0.15, -0.1) is 11.3 Å². The Kier molecular flexibility index (Phi) is 17.1. The molecule has 0 bridgehead atoms. The first kappa shape index (κ1) is 47.6. The molecule has 7 rings (SSSR count). The van der Waals surface area contributed by atoms with Crippen LogP contribution >= 0.6 is 11.3 Å². The van der Waals surface area contributed by atoms with E-state index in [0.29, 0.717) is 87.7 Å². The molecule has 0 aliphatic carbocycles. The van der Waals surface area contributed by atoms with Gasteiger partial charge >= 0.3 is 0 Å². The minimum absolute atomic E-state index is 0.155. The highest BCUT2D eigenvalue weighted by Crippen LogP contribution is 2.36. The Morgan fingerprint density at radius 2 is 1.47 bits per heavy atom. The molecule has 2 aliphatic rings. The summed E-state index contributed by atoms with van der Waals surface area (Å²) in [4.78, 5) is 54.2. The molecule has 1 fully saturated rings. The van der Waals surface area contributed by atoms with Gasteiger partial charge in [0, 0.05) is 47.3 Å². The Morgan fingerprint density at radius 1 is 0.788 bits per heavy atom. The van der Waals surface area contributed by atoms with Crippen molar-refractivity contribution in [3.8, 4) is 0 Å². The summed E-state index contributed by atoms with van der Waals surface area (Å²) in [5, 5.41) is 13.8. The monoisotopic (exact) mass is 918 g/mol. The van der Waals surface area contributed by atoms with E-state index in [2.05, 4.69) is 51.4 Å². The van der Waals surface area contributed by atoms with Gasteiger partial charge in [0.1, 0.15) is 6.04 Å². The number of amides is 4. The quantitative estimate of drug-likeness (QED) is 0.0304. The molecule has 8 N–H and O–H groups in total. The minimum Gasteiger partial charge on any atom is -0.396 e. The molecule has 0 radical (unpaired) electrons. The van der Waals surface area contributed by atoms with Crippen molar-refractivity contribution in [2.24, 2.45) is 11.6 Å². The van der Waals surface area contributed by atoms with E-state index >= 15 is 0 Å². The van der Waals surface area contributed by atoms with Crippen molar-refractivity contribution >= 4 is 73.5 Å². The largest absolute Gasteiger partial charge is 0.396 e. The van der Waals surface area contributed by atoms with Gasteiger partial charge in [-0.1, -0.05) is 54.6 Å². The second-order valence-electron chi connectivity index (χ2n) is 15.9. The molecule has 348 valence electrons. The lowest BCUT2D eigenvalue weighted by Gasteiger charge is -2.32. The molecule has 1 aromatic heterocycles. The molecule has 0 spiro atoms. The number of anilines is 3. The van der Waals surface area contributed by atoms with Crippen LogP contribution in [0.3, 0.4) is 0 Å². The zero-order valence-corrected chi connectivity index (χ0v) is 38.0. The van der Waals surface area contributed by atoms with Crippen LogP contribution in [-0.2, 0) is 35.1 Å². The molecular weight excluding hydrogens is 861 g/mol. The third kappa shape index (κ3) is 12.7. The van der Waals surface area contributed by atoms with Gasteiger partial charge in [-0.05, 0) is 72.7 Å². The highest BCUT2D eigenvalue weighted by molar-refractivity contribution is 7.20. The second-order valence-corrected chi connectivity index (χ2v) is 17.0. The van der Waals surface area contributed by atoms with Gasteiger partial charge in [-0.25, -0.2) is 5.84 Å². The normalized spacial score (nSPS) is 16.0. The van der Waals surface area contributed by atoms with Crippen molar-refractivity contribution in [3.05, 3.63) is 124 Å². The zero-order chi connectivity index (χ0) is 46.3. The number of hydrogen-bond acceptors (Lipinski definition) is 13. The van der Waals surface area contributed by atoms with Crippen LogP contribution in [0.4, 0.5) is 17.1 Å². The fourth-order valence-corrected chi connectivity index (χ4v) is 8.73. The number of nitrogens with zero attached hydrogens (tertiary/aromatic N) is 2. The number of thiophene rings is 1. The van der Waals surface area contributed by atoms with Crippen LogP contribution < -0.4 is 37.7 Å². The fourth-order valence-electron chi connectivity index (χ4n) is 7.79. The van der Waals surface area contributed by atoms with Gasteiger partial charge in [0.15, 0.2) is 0 Å². The first-order chi connectivity index (χ1) is 32.2. The number of hydrazine groups is 1. The maximum absolute atomic E-state index is 13.3. The van der Waals surface area contributed by atoms with Crippen molar-refractivity contribution in [1.29, 1.82) is 0 Å². The molecule has 4 amide bonds. The number of carbonyl (C=O) groups excluding carboxylic acids is 4. The summed E-state index contributed by atoms with van der Waals surface area (Å²) in [5.74, 6) is 5.39. The zero-order valence-electron chi connectivity index (χ0n) is 37.1. The third-order valence-electron chi connectivity index (χ3n) is 11.2. The van der Waals surface area contributed by atoms with Crippen LogP contribution in [0.2, 0.25) is 0 Å². The molecular formula is C49H58N8O8S. The molecule has 16 nitrogen and oxygen atoms in total. The number of rotatable bonds is 21. The average molecular weight is 919 g/mol. The third-order valence-corrected chi connectivity index (χ3v) is 12.3. The predicted molar refractivity (Wildman–Crippen MR) is 258 cm³/mol. The number of benzene rings is 4. The van der Waals surface area contributed by atoms with Crippen molar-refractivity contribution in [1.82, 2.24) is 15.6 Å². The summed E-state index contributed by atoms with van der Waals surface area (Å²) in [6.07, 6.45) is 2.39. The summed E-state index contributed by atoms with van der Waals surface area (Å²) in [6.45, 7) is 4.66. The first-order valence-corrected chi connectivity index (χ1v) is 23.0. The Labute approximate surface area is 388 Å². The molecule has 66 heavy (non-hydrogen) atoms. The summed E-state index contributed by atoms with van der Waals surface area (Å²) in [5.41, 5.74) is 13.5. The van der Waals surface area contributed by atoms with E-state index in [9.17, 15) is 19.2 Å². The van der Waals surface area contributed by atoms with E-state index < -0.39 is 11.9 Å². The number of hydrogen-bond donors (Lipinski definition) is 6. The lowest BCUT2D eigenvalue weighted by molar-refractivity contribution is -0.122. The lowest BCUT2D eigenvalue weighted by Crippen LogP contribution is -2.45. The molecule has 4 aromatic carbocycles. The smallest absolute Gasteiger partial charge is 0.265 e. The van der Waals surface area contributed by atoms with Crippen LogP contribution in [0, 0.1) is 0 Å². The molecule has 5 aromatic rings. The van der Waals surface area contributed by atoms with E-state index in [0.717, 1.165) is 57.5 Å². The Hall–Kier alpha value is -6.34. The number of para-hydroxylation sites is 2. The van der Waals surface area contributed by atoms with Gasteiger partial charge in [-0.2, -0.15) is 0 Å². The van der Waals surface area contributed by atoms with Crippen LogP contribution in [0.25, 0.3) is 21.5 Å². The highest BCUT2D eigenvalue weighted by atomic mass is 32.1. The average Bonchev–Trinajstić information content (AvgIpc) is 3.65.